The molecule has 0 spiro atoms. The lowest BCUT2D eigenvalue weighted by molar-refractivity contribution is 0.708. The Balaban J connectivity index is 0.000000200. The van der Waals surface area contributed by atoms with Crippen LogP contribution >= 0.6 is 0 Å². The molecule has 2 aromatic rings. The minimum Gasteiger partial charge on any atom is -0.265 e. The van der Waals surface area contributed by atoms with Crippen molar-refractivity contribution in [3.8, 4) is 0 Å². The molecule has 0 amide bonds. The van der Waals surface area contributed by atoms with Crippen LogP contribution in [0.3, 0.4) is 0 Å². The highest BCUT2D eigenvalue weighted by molar-refractivity contribution is 5.14. The molecule has 0 aliphatic heterocycles. The van der Waals surface area contributed by atoms with Crippen molar-refractivity contribution in [1.29, 1.82) is 0 Å². The molecule has 2 nitrogen and oxygen atoms in total. The van der Waals surface area contributed by atoms with Crippen LogP contribution in [-0.4, -0.2) is 9.97 Å². The van der Waals surface area contributed by atoms with E-state index in [-0.39, 0.29) is 0 Å². The maximum atomic E-state index is 4.25. The lowest BCUT2D eigenvalue weighted by atomic mass is 10.0. The minimum atomic E-state index is 0.598. The highest BCUT2D eigenvalue weighted by Gasteiger charge is 2.01. The molecule has 2 aromatic heterocycles. The Morgan fingerprint density at radius 1 is 0.850 bits per heavy atom. The van der Waals surface area contributed by atoms with Gasteiger partial charge in [-0.05, 0) is 54.5 Å². The van der Waals surface area contributed by atoms with E-state index in [4.69, 9.17) is 0 Å². The molecule has 108 valence electrons. The first kappa shape index (κ1) is 16.4. The minimum absolute atomic E-state index is 0.598. The van der Waals surface area contributed by atoms with Gasteiger partial charge in [-0.15, -0.1) is 0 Å². The lowest BCUT2D eigenvalue weighted by Crippen LogP contribution is -1.93. The maximum absolute atomic E-state index is 4.25. The average molecular weight is 270 g/mol. The number of nitrogens with zero attached hydrogens (tertiary/aromatic N) is 2. The summed E-state index contributed by atoms with van der Waals surface area (Å²) in [6, 6.07) is 10.2. The summed E-state index contributed by atoms with van der Waals surface area (Å²) in [5.74, 6) is 1.27. The van der Waals surface area contributed by atoms with Crippen LogP contribution in [0.1, 0.15) is 63.6 Å². The van der Waals surface area contributed by atoms with Crippen molar-refractivity contribution in [2.45, 2.75) is 52.4 Å². The molecule has 0 aromatic carbocycles. The van der Waals surface area contributed by atoms with E-state index in [1.165, 1.54) is 17.7 Å². The molecule has 20 heavy (non-hydrogen) atoms. The summed E-state index contributed by atoms with van der Waals surface area (Å²) in [5.41, 5.74) is 2.59. The van der Waals surface area contributed by atoms with Crippen LogP contribution in [-0.2, 0) is 0 Å². The second kappa shape index (κ2) is 9.24. The fourth-order valence-electron chi connectivity index (χ4n) is 1.80. The Kier molecular flexibility index (Phi) is 7.56. The smallest absolute Gasteiger partial charge is 0.0431 e. The van der Waals surface area contributed by atoms with Crippen LogP contribution in [0.4, 0.5) is 0 Å². The number of pyridine rings is 2. The van der Waals surface area contributed by atoms with E-state index < -0.39 is 0 Å². The highest BCUT2D eigenvalue weighted by atomic mass is 14.7. The van der Waals surface area contributed by atoms with Gasteiger partial charge in [-0.25, -0.2) is 0 Å². The molecule has 2 heteroatoms. The Hall–Kier alpha value is -1.70. The molecule has 0 aliphatic carbocycles. The van der Waals surface area contributed by atoms with E-state index in [0.29, 0.717) is 11.8 Å². The molecule has 0 saturated heterocycles. The van der Waals surface area contributed by atoms with E-state index in [9.17, 15) is 0 Å². The molecule has 2 unspecified atom stereocenters. The van der Waals surface area contributed by atoms with Crippen LogP contribution in [0.25, 0.3) is 0 Å². The zero-order chi connectivity index (χ0) is 14.8. The van der Waals surface area contributed by atoms with Gasteiger partial charge >= 0.3 is 0 Å². The summed E-state index contributed by atoms with van der Waals surface area (Å²) in [6.07, 6.45) is 7.91. The van der Waals surface area contributed by atoms with Gasteiger partial charge in [0.2, 0.25) is 0 Å². The van der Waals surface area contributed by atoms with E-state index in [2.05, 4.69) is 55.9 Å². The fraction of sp³-hybridized carbons (Fsp3) is 0.444. The zero-order valence-corrected chi connectivity index (χ0v) is 13.1. The molecular formula is C18H26N2. The van der Waals surface area contributed by atoms with Gasteiger partial charge in [0, 0.05) is 24.3 Å². The largest absolute Gasteiger partial charge is 0.265 e. The van der Waals surface area contributed by atoms with Crippen LogP contribution in [0.5, 0.6) is 0 Å². The number of hydrogen-bond acceptors (Lipinski definition) is 2. The predicted octanol–water partition coefficient (Wildman–Crippen LogP) is 5.19. The molecule has 2 heterocycles. The number of aromatic nitrogens is 2. The second-order valence-corrected chi connectivity index (χ2v) is 5.15. The van der Waals surface area contributed by atoms with Crippen LogP contribution in [0.2, 0.25) is 0 Å². The van der Waals surface area contributed by atoms with E-state index >= 15 is 0 Å². The second-order valence-electron chi connectivity index (χ2n) is 5.15. The standard InChI is InChI=1S/2C9H13N/c1-3-8(2)9-4-6-10-7-5-9;1-3-8(2)9-6-4-5-7-10-9/h2*4-8H,3H2,1-2H3. The van der Waals surface area contributed by atoms with Crippen LogP contribution in [0, 0.1) is 0 Å². The Labute approximate surface area is 123 Å². The predicted molar refractivity (Wildman–Crippen MR) is 85.9 cm³/mol. The zero-order valence-electron chi connectivity index (χ0n) is 13.1. The van der Waals surface area contributed by atoms with Gasteiger partial charge in [0.05, 0.1) is 0 Å². The summed E-state index contributed by atoms with van der Waals surface area (Å²) in [5, 5.41) is 0. The first-order valence-electron chi connectivity index (χ1n) is 7.49. The summed E-state index contributed by atoms with van der Waals surface area (Å²) in [7, 11) is 0. The van der Waals surface area contributed by atoms with Gasteiger partial charge in [-0.3, -0.25) is 9.97 Å². The Morgan fingerprint density at radius 2 is 1.50 bits per heavy atom. The first-order valence-corrected chi connectivity index (χ1v) is 7.49. The Bertz CT molecular complexity index is 408. The molecule has 0 radical (unpaired) electrons. The molecule has 0 N–H and O–H groups in total. The average Bonchev–Trinajstić information content (AvgIpc) is 2.55. The van der Waals surface area contributed by atoms with Crippen molar-refractivity contribution >= 4 is 0 Å². The third kappa shape index (κ3) is 5.52. The van der Waals surface area contributed by atoms with Crippen molar-refractivity contribution < 1.29 is 0 Å². The quantitative estimate of drug-likeness (QED) is 0.764. The van der Waals surface area contributed by atoms with Gasteiger partial charge in [0.15, 0.2) is 0 Å². The molecule has 0 aliphatic rings. The molecule has 2 rings (SSSR count). The van der Waals surface area contributed by atoms with Crippen LogP contribution in [0.15, 0.2) is 48.9 Å². The normalized spacial score (nSPS) is 13.0. The third-order valence-electron chi connectivity index (χ3n) is 3.69. The van der Waals surface area contributed by atoms with Gasteiger partial charge in [-0.2, -0.15) is 0 Å². The van der Waals surface area contributed by atoms with E-state index in [1.807, 2.05) is 30.7 Å². The summed E-state index contributed by atoms with van der Waals surface area (Å²) in [4.78, 5) is 8.21. The van der Waals surface area contributed by atoms with E-state index in [1.54, 1.807) is 0 Å². The third-order valence-corrected chi connectivity index (χ3v) is 3.69. The maximum Gasteiger partial charge on any atom is 0.0431 e. The van der Waals surface area contributed by atoms with Crippen molar-refractivity contribution in [3.63, 3.8) is 0 Å². The first-order chi connectivity index (χ1) is 9.69. The Morgan fingerprint density at radius 3 is 2.00 bits per heavy atom. The lowest BCUT2D eigenvalue weighted by Gasteiger charge is -2.06. The highest BCUT2D eigenvalue weighted by Crippen LogP contribution is 2.16. The molecule has 0 bridgehead atoms. The number of hydrogen-bond donors (Lipinski definition) is 0. The number of rotatable bonds is 4. The van der Waals surface area contributed by atoms with Gasteiger partial charge in [0.1, 0.15) is 0 Å². The molecule has 2 atom stereocenters. The summed E-state index contributed by atoms with van der Waals surface area (Å²) in [6.45, 7) is 8.81. The van der Waals surface area contributed by atoms with Gasteiger partial charge < -0.3 is 0 Å². The monoisotopic (exact) mass is 270 g/mol. The molecule has 0 saturated carbocycles. The van der Waals surface area contributed by atoms with Crippen molar-refractivity contribution in [3.05, 3.63) is 60.2 Å². The SMILES string of the molecule is CCC(C)c1ccccn1.CCC(C)c1ccncc1. The molecular weight excluding hydrogens is 244 g/mol. The van der Waals surface area contributed by atoms with Crippen molar-refractivity contribution in [2.24, 2.45) is 0 Å². The topological polar surface area (TPSA) is 25.8 Å². The van der Waals surface area contributed by atoms with Crippen molar-refractivity contribution in [1.82, 2.24) is 9.97 Å². The fourth-order valence-corrected chi connectivity index (χ4v) is 1.80. The summed E-state index contributed by atoms with van der Waals surface area (Å²) < 4.78 is 0. The van der Waals surface area contributed by atoms with Gasteiger partial charge in [-0.1, -0.05) is 33.8 Å². The molecule has 0 fully saturated rings. The van der Waals surface area contributed by atoms with Gasteiger partial charge in [0.25, 0.3) is 0 Å². The van der Waals surface area contributed by atoms with E-state index in [0.717, 1.165) is 6.42 Å². The van der Waals surface area contributed by atoms with Crippen LogP contribution < -0.4 is 0 Å². The summed E-state index contributed by atoms with van der Waals surface area (Å²) >= 11 is 0. The van der Waals surface area contributed by atoms with Crippen molar-refractivity contribution in [2.75, 3.05) is 0 Å².